The minimum atomic E-state index is -4.15. The first-order valence-corrected chi connectivity index (χ1v) is 11.2. The highest BCUT2D eigenvalue weighted by Crippen LogP contribution is 2.41. The Balaban J connectivity index is 1.93. The number of nitrogens with one attached hydrogen (secondary N) is 1. The van der Waals surface area contributed by atoms with E-state index < -0.39 is 50.7 Å². The summed E-state index contributed by atoms with van der Waals surface area (Å²) in [6.45, 7) is 1.79. The Hall–Kier alpha value is -2.14. The maximum atomic E-state index is 13.4. The van der Waals surface area contributed by atoms with Crippen LogP contribution in [0.3, 0.4) is 0 Å². The molecule has 0 spiro atoms. The van der Waals surface area contributed by atoms with Gasteiger partial charge in [0.1, 0.15) is 0 Å². The third-order valence-corrected chi connectivity index (χ3v) is 8.04. The molecule has 31 heavy (non-hydrogen) atoms. The summed E-state index contributed by atoms with van der Waals surface area (Å²) in [5.41, 5.74) is -0.547. The molecule has 2 aromatic rings. The molecule has 168 valence electrons. The van der Waals surface area contributed by atoms with Crippen LogP contribution >= 0.6 is 11.6 Å². The summed E-state index contributed by atoms with van der Waals surface area (Å²) in [6.07, 6.45) is -1.36. The second kappa shape index (κ2) is 8.78. The Bertz CT molecular complexity index is 1100. The largest absolute Gasteiger partial charge is 0.368 e. The number of benzene rings is 2. The molecule has 2 aromatic carbocycles. The van der Waals surface area contributed by atoms with Gasteiger partial charge in [-0.05, 0) is 37.0 Å². The van der Waals surface area contributed by atoms with E-state index in [2.05, 4.69) is 5.32 Å². The normalized spacial score (nSPS) is 21.5. The Morgan fingerprint density at radius 2 is 1.74 bits per heavy atom. The summed E-state index contributed by atoms with van der Waals surface area (Å²) in [6, 6.07) is 4.56. The quantitative estimate of drug-likeness (QED) is 0.451. The van der Waals surface area contributed by atoms with Crippen molar-refractivity contribution < 1.29 is 36.6 Å². The fourth-order valence-electron chi connectivity index (χ4n) is 3.81. The third kappa shape index (κ3) is 4.72. The lowest BCUT2D eigenvalue weighted by atomic mass is 10.1. The zero-order valence-corrected chi connectivity index (χ0v) is 17.7. The molecule has 2 unspecified atom stereocenters. The lowest BCUT2D eigenvalue weighted by Crippen LogP contribution is -2.33. The maximum absolute atomic E-state index is 13.4. The van der Waals surface area contributed by atoms with Crippen molar-refractivity contribution in [3.63, 3.8) is 0 Å². The lowest BCUT2D eigenvalue weighted by Gasteiger charge is -2.22. The van der Waals surface area contributed by atoms with E-state index in [1.165, 1.54) is 12.1 Å². The van der Waals surface area contributed by atoms with Gasteiger partial charge in [0.15, 0.2) is 33.6 Å². The lowest BCUT2D eigenvalue weighted by molar-refractivity contribution is -0.0813. The molecule has 0 aromatic heterocycles. The van der Waals surface area contributed by atoms with Crippen LogP contribution in [0.1, 0.15) is 30.1 Å². The van der Waals surface area contributed by atoms with E-state index >= 15 is 0 Å². The van der Waals surface area contributed by atoms with Crippen LogP contribution in [0.4, 0.5) is 18.9 Å². The molecule has 1 saturated carbocycles. The Labute approximate surface area is 181 Å². The number of carbonyl (C=O) groups is 1. The van der Waals surface area contributed by atoms with E-state index in [0.717, 1.165) is 6.07 Å². The Kier molecular flexibility index (Phi) is 6.66. The highest BCUT2D eigenvalue weighted by atomic mass is 35.5. The van der Waals surface area contributed by atoms with Crippen LogP contribution in [0.5, 0.6) is 0 Å². The summed E-state index contributed by atoms with van der Waals surface area (Å²) in [5, 5.41) is 20.1. The SMILES string of the molecule is CC1CC(C(O)O)[C@@H](S(=O)(=O)c2cc(C(=O)Nc3cc(F)c(F)c(F)c3)ccc2Cl)C1. The van der Waals surface area contributed by atoms with Gasteiger partial charge in [0, 0.05) is 29.3 Å². The summed E-state index contributed by atoms with van der Waals surface area (Å²) in [4.78, 5) is 12.1. The summed E-state index contributed by atoms with van der Waals surface area (Å²) in [5.74, 6) is -6.59. The molecule has 1 amide bonds. The van der Waals surface area contributed by atoms with Crippen molar-refractivity contribution in [3.8, 4) is 0 Å². The molecule has 3 atom stereocenters. The van der Waals surface area contributed by atoms with Crippen LogP contribution in [0.25, 0.3) is 0 Å². The van der Waals surface area contributed by atoms with Crippen LogP contribution in [0, 0.1) is 29.3 Å². The van der Waals surface area contributed by atoms with Crippen LogP contribution in [-0.2, 0) is 9.84 Å². The molecular weight excluding hydrogens is 459 g/mol. The van der Waals surface area contributed by atoms with Gasteiger partial charge in [-0.15, -0.1) is 0 Å². The van der Waals surface area contributed by atoms with Gasteiger partial charge in [0.05, 0.1) is 15.2 Å². The molecule has 1 aliphatic rings. The molecule has 3 N–H and O–H groups in total. The van der Waals surface area contributed by atoms with E-state index in [0.29, 0.717) is 18.6 Å². The number of carbonyl (C=O) groups excluding carboxylic acids is 1. The first-order valence-electron chi connectivity index (χ1n) is 9.27. The average molecular weight is 478 g/mol. The molecule has 6 nitrogen and oxygen atoms in total. The van der Waals surface area contributed by atoms with E-state index in [9.17, 15) is 36.6 Å². The summed E-state index contributed by atoms with van der Waals surface area (Å²) >= 11 is 6.07. The van der Waals surface area contributed by atoms with Crippen molar-refractivity contribution in [3.05, 3.63) is 58.4 Å². The van der Waals surface area contributed by atoms with Crippen molar-refractivity contribution in [1.82, 2.24) is 0 Å². The monoisotopic (exact) mass is 477 g/mol. The van der Waals surface area contributed by atoms with Crippen molar-refractivity contribution in [2.45, 2.75) is 36.2 Å². The number of sulfone groups is 1. The first kappa shape index (κ1) is 23.5. The standard InChI is InChI=1S/C20H19ClF3NO5S/c1-9-4-12(20(27)28)16(5-9)31(29,30)17-6-10(2-3-13(17)21)19(26)25-11-7-14(22)18(24)15(23)8-11/h2-3,6-9,12,16,20,27-28H,4-5H2,1H3,(H,25,26)/t9?,12?,16-/m0/s1. The number of amides is 1. The van der Waals surface area contributed by atoms with Crippen LogP contribution in [0.15, 0.2) is 35.2 Å². The van der Waals surface area contributed by atoms with Gasteiger partial charge in [0.25, 0.3) is 5.91 Å². The topological polar surface area (TPSA) is 104 Å². The number of rotatable bonds is 5. The minimum Gasteiger partial charge on any atom is -0.368 e. The molecule has 0 heterocycles. The van der Waals surface area contributed by atoms with Crippen molar-refractivity contribution in [2.75, 3.05) is 5.32 Å². The van der Waals surface area contributed by atoms with E-state index in [-0.39, 0.29) is 33.5 Å². The van der Waals surface area contributed by atoms with Gasteiger partial charge in [-0.25, -0.2) is 21.6 Å². The van der Waals surface area contributed by atoms with Gasteiger partial charge in [0.2, 0.25) is 0 Å². The second-order valence-corrected chi connectivity index (χ2v) is 10.1. The predicted octanol–water partition coefficient (Wildman–Crippen LogP) is 3.51. The van der Waals surface area contributed by atoms with Gasteiger partial charge in [-0.2, -0.15) is 0 Å². The smallest absolute Gasteiger partial charge is 0.255 e. The molecule has 0 bridgehead atoms. The number of aliphatic hydroxyl groups is 2. The predicted molar refractivity (Wildman–Crippen MR) is 107 cm³/mol. The fourth-order valence-corrected chi connectivity index (χ4v) is 6.50. The highest BCUT2D eigenvalue weighted by Gasteiger charge is 2.45. The van der Waals surface area contributed by atoms with Gasteiger partial charge in [-0.1, -0.05) is 18.5 Å². The maximum Gasteiger partial charge on any atom is 0.255 e. The number of halogens is 4. The fraction of sp³-hybridized carbons (Fsp3) is 0.350. The molecule has 0 aliphatic heterocycles. The van der Waals surface area contributed by atoms with Gasteiger partial charge >= 0.3 is 0 Å². The van der Waals surface area contributed by atoms with E-state index in [1.807, 2.05) is 0 Å². The molecule has 3 rings (SSSR count). The number of hydrogen-bond acceptors (Lipinski definition) is 5. The molecular formula is C20H19ClF3NO5S. The molecule has 0 radical (unpaired) electrons. The first-order chi connectivity index (χ1) is 14.4. The van der Waals surface area contributed by atoms with Gasteiger partial charge in [-0.3, -0.25) is 4.79 Å². The third-order valence-electron chi connectivity index (χ3n) is 5.31. The molecule has 1 aliphatic carbocycles. The number of anilines is 1. The minimum absolute atomic E-state index is 0.0694. The second-order valence-electron chi connectivity index (χ2n) is 7.59. The van der Waals surface area contributed by atoms with E-state index in [1.54, 1.807) is 6.92 Å². The van der Waals surface area contributed by atoms with Crippen molar-refractivity contribution >= 4 is 33.0 Å². The van der Waals surface area contributed by atoms with Gasteiger partial charge < -0.3 is 15.5 Å². The molecule has 1 fully saturated rings. The van der Waals surface area contributed by atoms with Crippen molar-refractivity contribution in [2.24, 2.45) is 11.8 Å². The zero-order valence-electron chi connectivity index (χ0n) is 16.1. The average Bonchev–Trinajstić information content (AvgIpc) is 3.09. The highest BCUT2D eigenvalue weighted by molar-refractivity contribution is 7.92. The summed E-state index contributed by atoms with van der Waals surface area (Å²) < 4.78 is 66.2. The van der Waals surface area contributed by atoms with E-state index in [4.69, 9.17) is 11.6 Å². The Morgan fingerprint density at radius 3 is 2.32 bits per heavy atom. The van der Waals surface area contributed by atoms with Crippen LogP contribution in [-0.4, -0.2) is 36.1 Å². The summed E-state index contributed by atoms with van der Waals surface area (Å²) in [7, 11) is -4.15. The van der Waals surface area contributed by atoms with Crippen LogP contribution < -0.4 is 5.32 Å². The molecule has 11 heteroatoms. The number of hydrogen-bond donors (Lipinski definition) is 3. The Morgan fingerprint density at radius 1 is 1.13 bits per heavy atom. The van der Waals surface area contributed by atoms with Crippen molar-refractivity contribution in [1.29, 1.82) is 0 Å². The van der Waals surface area contributed by atoms with Crippen LogP contribution in [0.2, 0.25) is 5.02 Å². The number of aliphatic hydroxyl groups excluding tert-OH is 1. The molecule has 0 saturated heterocycles. The zero-order chi connectivity index (χ0) is 23.1.